The van der Waals surface area contributed by atoms with Crippen molar-refractivity contribution in [2.45, 2.75) is 39.3 Å². The Kier molecular flexibility index (Phi) is 6.36. The topological polar surface area (TPSA) is 70.9 Å². The summed E-state index contributed by atoms with van der Waals surface area (Å²) in [5.74, 6) is 1.06. The second kappa shape index (κ2) is 9.60. The van der Waals surface area contributed by atoms with Crippen LogP contribution in [-0.4, -0.2) is 71.2 Å². The van der Waals surface area contributed by atoms with E-state index >= 15 is 0 Å². The number of carbonyl (C=O) groups is 2. The molecule has 184 valence electrons. The van der Waals surface area contributed by atoms with Gasteiger partial charge < -0.3 is 24.0 Å². The van der Waals surface area contributed by atoms with E-state index in [9.17, 15) is 9.59 Å². The maximum atomic E-state index is 12.3. The third-order valence-corrected chi connectivity index (χ3v) is 7.30. The van der Waals surface area contributed by atoms with Gasteiger partial charge in [0.1, 0.15) is 0 Å². The number of benzene rings is 2. The van der Waals surface area contributed by atoms with Crippen LogP contribution in [0.1, 0.15) is 36.6 Å². The van der Waals surface area contributed by atoms with Gasteiger partial charge in [-0.2, -0.15) is 0 Å². The van der Waals surface area contributed by atoms with Gasteiger partial charge in [0.25, 0.3) is 0 Å². The highest BCUT2D eigenvalue weighted by atomic mass is 16.5. The molecule has 3 aromatic rings. The first kappa shape index (κ1) is 23.2. The number of amides is 2. The monoisotopic (exact) mass is 475 g/mol. The zero-order valence-corrected chi connectivity index (χ0v) is 20.7. The van der Waals surface area contributed by atoms with Gasteiger partial charge in [0.05, 0.1) is 24.7 Å². The maximum Gasteiger partial charge on any atom is 0.409 e. The van der Waals surface area contributed by atoms with Crippen molar-refractivity contribution in [1.29, 1.82) is 0 Å². The highest BCUT2D eigenvalue weighted by Gasteiger charge is 2.29. The lowest BCUT2D eigenvalue weighted by Gasteiger charge is -2.35. The number of hydrogen-bond acceptors (Lipinski definition) is 5. The molecule has 1 aromatic heterocycles. The van der Waals surface area contributed by atoms with E-state index in [2.05, 4.69) is 52.8 Å². The van der Waals surface area contributed by atoms with E-state index in [1.54, 1.807) is 11.8 Å². The minimum absolute atomic E-state index is 0.118. The van der Waals surface area contributed by atoms with E-state index in [4.69, 9.17) is 9.72 Å². The number of ether oxygens (including phenoxy) is 1. The Morgan fingerprint density at radius 1 is 1.00 bits per heavy atom. The molecule has 3 heterocycles. The van der Waals surface area contributed by atoms with Gasteiger partial charge in [0, 0.05) is 51.3 Å². The summed E-state index contributed by atoms with van der Waals surface area (Å²) in [6.45, 7) is 7.90. The van der Waals surface area contributed by atoms with Crippen LogP contribution < -0.4 is 4.90 Å². The van der Waals surface area contributed by atoms with Gasteiger partial charge in [0.15, 0.2) is 0 Å². The van der Waals surface area contributed by atoms with Crippen LogP contribution in [0.2, 0.25) is 0 Å². The second-order valence-electron chi connectivity index (χ2n) is 9.53. The summed E-state index contributed by atoms with van der Waals surface area (Å²) in [5.41, 5.74) is 5.67. The summed E-state index contributed by atoms with van der Waals surface area (Å²) in [7, 11) is 1.43. The maximum absolute atomic E-state index is 12.3. The highest BCUT2D eigenvalue weighted by Crippen LogP contribution is 2.34. The predicted molar refractivity (Wildman–Crippen MR) is 136 cm³/mol. The van der Waals surface area contributed by atoms with Crippen molar-refractivity contribution < 1.29 is 14.3 Å². The summed E-state index contributed by atoms with van der Waals surface area (Å²) in [4.78, 5) is 35.3. The quantitative estimate of drug-likeness (QED) is 0.576. The van der Waals surface area contributed by atoms with E-state index in [-0.39, 0.29) is 18.0 Å². The number of rotatable bonds is 4. The van der Waals surface area contributed by atoms with Crippen molar-refractivity contribution in [3.8, 4) is 0 Å². The van der Waals surface area contributed by atoms with Crippen molar-refractivity contribution in [3.05, 3.63) is 59.2 Å². The Morgan fingerprint density at radius 3 is 2.43 bits per heavy atom. The number of imidazole rings is 1. The largest absolute Gasteiger partial charge is 0.453 e. The molecule has 2 aromatic carbocycles. The zero-order valence-electron chi connectivity index (χ0n) is 20.7. The average Bonchev–Trinajstić information content (AvgIpc) is 3.29. The molecule has 35 heavy (non-hydrogen) atoms. The first-order valence-electron chi connectivity index (χ1n) is 12.4. The molecule has 2 aliphatic heterocycles. The molecule has 0 unspecified atom stereocenters. The second-order valence-corrected chi connectivity index (χ2v) is 9.53. The van der Waals surface area contributed by atoms with Crippen LogP contribution in [0.4, 0.5) is 10.7 Å². The van der Waals surface area contributed by atoms with E-state index in [1.165, 1.54) is 18.2 Å². The normalized spacial score (nSPS) is 16.8. The van der Waals surface area contributed by atoms with Crippen LogP contribution in [-0.2, 0) is 28.9 Å². The summed E-state index contributed by atoms with van der Waals surface area (Å²) in [6, 6.07) is 15.1. The molecule has 0 aliphatic carbocycles. The Hall–Kier alpha value is -3.55. The van der Waals surface area contributed by atoms with Crippen molar-refractivity contribution >= 4 is 29.0 Å². The molecule has 0 spiro atoms. The van der Waals surface area contributed by atoms with Gasteiger partial charge in [-0.25, -0.2) is 9.78 Å². The number of hydrogen-bond donors (Lipinski definition) is 0. The lowest BCUT2D eigenvalue weighted by atomic mass is 9.98. The fraction of sp³-hybridized carbons (Fsp3) is 0.444. The van der Waals surface area contributed by atoms with Crippen LogP contribution in [0, 0.1) is 0 Å². The number of methoxy groups -OCH3 is 1. The van der Waals surface area contributed by atoms with Gasteiger partial charge in [-0.1, -0.05) is 36.4 Å². The molecule has 0 bridgehead atoms. The predicted octanol–water partition coefficient (Wildman–Crippen LogP) is 3.63. The van der Waals surface area contributed by atoms with Gasteiger partial charge >= 0.3 is 6.09 Å². The van der Waals surface area contributed by atoms with Crippen molar-refractivity contribution in [1.82, 2.24) is 19.4 Å². The third-order valence-electron chi connectivity index (χ3n) is 7.30. The lowest BCUT2D eigenvalue weighted by molar-refractivity contribution is -0.129. The standard InChI is InChI=1S/C27H33N5O3/c1-19(17-21-7-5-4-6-8-21)32-24-10-9-22-11-12-31(27(34)35-3)18-23(22)25(24)28-26(32)30-15-13-29(14-16-30)20(2)33/h4-10,19H,11-18H2,1-3H3/t19-/m0/s1. The lowest BCUT2D eigenvalue weighted by Crippen LogP contribution is -2.49. The summed E-state index contributed by atoms with van der Waals surface area (Å²) < 4.78 is 7.35. The number of carbonyl (C=O) groups excluding carboxylic acids is 2. The number of aromatic nitrogens is 2. The van der Waals surface area contributed by atoms with Crippen LogP contribution in [0.3, 0.4) is 0 Å². The molecule has 2 amide bonds. The molecule has 1 saturated heterocycles. The van der Waals surface area contributed by atoms with Crippen molar-refractivity contribution in [2.75, 3.05) is 44.7 Å². The average molecular weight is 476 g/mol. The minimum Gasteiger partial charge on any atom is -0.453 e. The van der Waals surface area contributed by atoms with Gasteiger partial charge in [-0.05, 0) is 37.0 Å². The van der Waals surface area contributed by atoms with Crippen LogP contribution in [0.25, 0.3) is 11.0 Å². The molecule has 1 fully saturated rings. The number of nitrogens with zero attached hydrogens (tertiary/aromatic N) is 5. The fourth-order valence-electron chi connectivity index (χ4n) is 5.39. The molecule has 0 saturated carbocycles. The van der Waals surface area contributed by atoms with Gasteiger partial charge in [-0.15, -0.1) is 0 Å². The first-order valence-corrected chi connectivity index (χ1v) is 12.4. The molecule has 1 atom stereocenters. The SMILES string of the molecule is COC(=O)N1CCc2ccc3c(nc(N4CCN(C(C)=O)CC4)n3[C@@H](C)Cc3ccccc3)c2C1. The van der Waals surface area contributed by atoms with Gasteiger partial charge in [-0.3, -0.25) is 4.79 Å². The highest BCUT2D eigenvalue weighted by molar-refractivity contribution is 5.85. The molecule has 2 aliphatic rings. The Balaban J connectivity index is 1.56. The van der Waals surface area contributed by atoms with Crippen molar-refractivity contribution in [3.63, 3.8) is 0 Å². The molecule has 0 radical (unpaired) electrons. The van der Waals surface area contributed by atoms with Crippen LogP contribution in [0.5, 0.6) is 0 Å². The Labute approximate surface area is 206 Å². The van der Waals surface area contributed by atoms with E-state index in [0.717, 1.165) is 48.5 Å². The molecular weight excluding hydrogens is 442 g/mol. The van der Waals surface area contributed by atoms with Gasteiger partial charge in [0.2, 0.25) is 11.9 Å². The Bertz CT molecular complexity index is 1230. The summed E-state index contributed by atoms with van der Waals surface area (Å²) >= 11 is 0. The number of piperazine rings is 1. The fourth-order valence-corrected chi connectivity index (χ4v) is 5.39. The molecule has 5 rings (SSSR count). The third kappa shape index (κ3) is 4.45. The van der Waals surface area contributed by atoms with E-state index < -0.39 is 0 Å². The minimum atomic E-state index is -0.301. The van der Waals surface area contributed by atoms with Crippen LogP contribution >= 0.6 is 0 Å². The molecule has 8 nitrogen and oxygen atoms in total. The van der Waals surface area contributed by atoms with E-state index in [1.807, 2.05) is 11.0 Å². The first-order chi connectivity index (χ1) is 17.0. The summed E-state index contributed by atoms with van der Waals surface area (Å²) in [5, 5.41) is 0. The van der Waals surface area contributed by atoms with E-state index in [0.29, 0.717) is 26.2 Å². The number of anilines is 1. The van der Waals surface area contributed by atoms with Crippen LogP contribution in [0.15, 0.2) is 42.5 Å². The molecular formula is C27H33N5O3. The zero-order chi connectivity index (χ0) is 24.5. The number of fused-ring (bicyclic) bond motifs is 3. The van der Waals surface area contributed by atoms with Crippen molar-refractivity contribution in [2.24, 2.45) is 0 Å². The molecule has 0 N–H and O–H groups in total. The Morgan fingerprint density at radius 2 is 1.74 bits per heavy atom. The smallest absolute Gasteiger partial charge is 0.409 e. The summed E-state index contributed by atoms with van der Waals surface area (Å²) in [6.07, 6.45) is 1.38. The molecule has 8 heteroatoms.